The zero-order chi connectivity index (χ0) is 20.9. The summed E-state index contributed by atoms with van der Waals surface area (Å²) in [5.74, 6) is 0.890. The summed E-state index contributed by atoms with van der Waals surface area (Å²) in [6.45, 7) is 5.39. The average molecular weight is 538 g/mol. The lowest BCUT2D eigenvalue weighted by atomic mass is 9.94. The van der Waals surface area contributed by atoms with E-state index in [1.807, 2.05) is 11.8 Å². The molecule has 1 amide bonds. The second-order valence-electron chi connectivity index (χ2n) is 7.82. The number of hydrogen-bond acceptors (Lipinski definition) is 2. The molecule has 0 spiro atoms. The fourth-order valence-corrected chi connectivity index (χ4v) is 3.70. The number of rotatable bonds is 8. The predicted octanol–water partition coefficient (Wildman–Crippen LogP) is 3.92. The molecular weight excluding hydrogens is 508 g/mol. The number of nitrogens with zero attached hydrogens (tertiary/aromatic N) is 2. The molecule has 1 aliphatic heterocycles. The minimum atomic E-state index is -4.33. The number of nitrogens with one attached hydrogen (secondary N) is 2. The molecule has 1 aromatic rings. The number of likely N-dealkylation sites (tertiary alicyclic amines) is 1. The van der Waals surface area contributed by atoms with Gasteiger partial charge >= 0.3 is 6.18 Å². The molecule has 0 radical (unpaired) electrons. The number of aliphatic imine (C=N–C) groups is 1. The summed E-state index contributed by atoms with van der Waals surface area (Å²) >= 11 is 0. The Morgan fingerprint density at radius 1 is 1.27 bits per heavy atom. The summed E-state index contributed by atoms with van der Waals surface area (Å²) in [6, 6.07) is 5.62. The number of carbonyl (C=O) groups excluding carboxylic acids is 1. The van der Waals surface area contributed by atoms with Crippen LogP contribution in [0.3, 0.4) is 0 Å². The maximum atomic E-state index is 13.0. The van der Waals surface area contributed by atoms with Gasteiger partial charge in [0.1, 0.15) is 0 Å². The van der Waals surface area contributed by atoms with Crippen molar-refractivity contribution in [3.05, 3.63) is 35.4 Å². The first kappa shape index (κ1) is 24.7. The van der Waals surface area contributed by atoms with Crippen molar-refractivity contribution in [2.45, 2.75) is 50.6 Å². The highest BCUT2D eigenvalue weighted by atomic mass is 127. The SMILES string of the molecule is CCNC(=NCC1(c2cccc(C(F)(F)F)c2)CC1)NCCCN1CCCC1=O.I. The second kappa shape index (κ2) is 10.7. The van der Waals surface area contributed by atoms with Crippen LogP contribution in [0.15, 0.2) is 29.3 Å². The smallest absolute Gasteiger partial charge is 0.357 e. The van der Waals surface area contributed by atoms with Gasteiger partial charge in [-0.3, -0.25) is 9.79 Å². The van der Waals surface area contributed by atoms with Crippen LogP contribution >= 0.6 is 24.0 Å². The van der Waals surface area contributed by atoms with Crippen LogP contribution in [0.1, 0.15) is 50.2 Å². The lowest BCUT2D eigenvalue weighted by Gasteiger charge is -2.18. The molecule has 1 heterocycles. The first-order valence-corrected chi connectivity index (χ1v) is 10.3. The third kappa shape index (κ3) is 6.49. The van der Waals surface area contributed by atoms with Crippen molar-refractivity contribution in [2.75, 3.05) is 32.7 Å². The Balaban J connectivity index is 0.00000320. The van der Waals surface area contributed by atoms with Gasteiger partial charge in [-0.1, -0.05) is 18.2 Å². The van der Waals surface area contributed by atoms with E-state index in [4.69, 9.17) is 0 Å². The molecule has 0 unspecified atom stereocenters. The summed E-state index contributed by atoms with van der Waals surface area (Å²) in [7, 11) is 0. The first-order valence-electron chi connectivity index (χ1n) is 10.3. The molecular formula is C21H30F3IN4O. The topological polar surface area (TPSA) is 56.7 Å². The normalized spacial score (nSPS) is 18.2. The van der Waals surface area contributed by atoms with E-state index >= 15 is 0 Å². The largest absolute Gasteiger partial charge is 0.416 e. The van der Waals surface area contributed by atoms with Crippen LogP contribution in [0.25, 0.3) is 0 Å². The van der Waals surface area contributed by atoms with Gasteiger partial charge in [0.15, 0.2) is 5.96 Å². The molecule has 9 heteroatoms. The molecule has 1 saturated heterocycles. The number of hydrogen-bond donors (Lipinski definition) is 2. The minimum absolute atomic E-state index is 0. The molecule has 2 N–H and O–H groups in total. The van der Waals surface area contributed by atoms with Gasteiger partial charge in [-0.2, -0.15) is 13.2 Å². The van der Waals surface area contributed by atoms with Gasteiger partial charge in [0.2, 0.25) is 5.91 Å². The third-order valence-corrected chi connectivity index (χ3v) is 5.61. The van der Waals surface area contributed by atoms with E-state index in [2.05, 4.69) is 15.6 Å². The number of guanidine groups is 1. The quantitative estimate of drug-likeness (QED) is 0.229. The van der Waals surface area contributed by atoms with Crippen LogP contribution in [0.2, 0.25) is 0 Å². The molecule has 2 aliphatic rings. The molecule has 30 heavy (non-hydrogen) atoms. The molecule has 5 nitrogen and oxygen atoms in total. The molecule has 1 aliphatic carbocycles. The van der Waals surface area contributed by atoms with Crippen molar-refractivity contribution < 1.29 is 18.0 Å². The zero-order valence-corrected chi connectivity index (χ0v) is 19.6. The van der Waals surface area contributed by atoms with Crippen LogP contribution in [0.4, 0.5) is 13.2 Å². The van der Waals surface area contributed by atoms with E-state index in [9.17, 15) is 18.0 Å². The number of amides is 1. The lowest BCUT2D eigenvalue weighted by molar-refractivity contribution is -0.137. The van der Waals surface area contributed by atoms with Gasteiger partial charge in [0, 0.05) is 38.0 Å². The second-order valence-corrected chi connectivity index (χ2v) is 7.82. The molecule has 1 saturated carbocycles. The number of halogens is 4. The van der Waals surface area contributed by atoms with Crippen LogP contribution in [-0.4, -0.2) is 49.5 Å². The van der Waals surface area contributed by atoms with E-state index in [-0.39, 0.29) is 35.3 Å². The Hall–Kier alpha value is -1.52. The fourth-order valence-electron chi connectivity index (χ4n) is 3.70. The van der Waals surface area contributed by atoms with E-state index in [1.165, 1.54) is 12.1 Å². The first-order chi connectivity index (χ1) is 13.8. The van der Waals surface area contributed by atoms with Crippen LogP contribution in [0.5, 0.6) is 0 Å². The van der Waals surface area contributed by atoms with Gasteiger partial charge in [0.25, 0.3) is 0 Å². The number of benzene rings is 1. The number of carbonyl (C=O) groups is 1. The van der Waals surface area contributed by atoms with Gasteiger partial charge in [-0.15, -0.1) is 24.0 Å². The van der Waals surface area contributed by atoms with E-state index in [0.717, 1.165) is 44.8 Å². The molecule has 168 valence electrons. The highest BCUT2D eigenvalue weighted by molar-refractivity contribution is 14.0. The lowest BCUT2D eigenvalue weighted by Crippen LogP contribution is -2.39. The van der Waals surface area contributed by atoms with E-state index < -0.39 is 11.7 Å². The molecule has 1 aromatic carbocycles. The zero-order valence-electron chi connectivity index (χ0n) is 17.2. The Morgan fingerprint density at radius 3 is 2.63 bits per heavy atom. The monoisotopic (exact) mass is 538 g/mol. The summed E-state index contributed by atoms with van der Waals surface area (Å²) in [6.07, 6.45) is -0.233. The van der Waals surface area contributed by atoms with Crippen molar-refractivity contribution >= 4 is 35.8 Å². The van der Waals surface area contributed by atoms with Gasteiger partial charge < -0.3 is 15.5 Å². The third-order valence-electron chi connectivity index (χ3n) is 5.61. The summed E-state index contributed by atoms with van der Waals surface area (Å²) in [5.41, 5.74) is -0.197. The molecule has 0 atom stereocenters. The molecule has 0 aromatic heterocycles. The summed E-state index contributed by atoms with van der Waals surface area (Å²) in [4.78, 5) is 18.2. The standard InChI is InChI=1S/C21H29F3N4O.HI/c1-2-25-19(26-11-5-13-28-12-4-8-18(28)29)27-15-20(9-10-20)16-6-3-7-17(14-16)21(22,23)24;/h3,6-7,14H,2,4-5,8-13,15H2,1H3,(H2,25,26,27);1H. The molecule has 0 bridgehead atoms. The molecule has 3 rings (SSSR count). The fraction of sp³-hybridized carbons (Fsp3) is 0.619. The highest BCUT2D eigenvalue weighted by Crippen LogP contribution is 2.49. The maximum absolute atomic E-state index is 13.0. The highest BCUT2D eigenvalue weighted by Gasteiger charge is 2.45. The predicted molar refractivity (Wildman–Crippen MR) is 122 cm³/mol. The van der Waals surface area contributed by atoms with Crippen LogP contribution in [-0.2, 0) is 16.4 Å². The van der Waals surface area contributed by atoms with Crippen molar-refractivity contribution in [2.24, 2.45) is 4.99 Å². The Bertz CT molecular complexity index is 750. The van der Waals surface area contributed by atoms with Gasteiger partial charge in [0.05, 0.1) is 12.1 Å². The van der Waals surface area contributed by atoms with Crippen molar-refractivity contribution in [1.29, 1.82) is 0 Å². The minimum Gasteiger partial charge on any atom is -0.357 e. The summed E-state index contributed by atoms with van der Waals surface area (Å²) < 4.78 is 39.1. The average Bonchev–Trinajstić information content (AvgIpc) is 3.38. The molecule has 2 fully saturated rings. The Morgan fingerprint density at radius 2 is 2.03 bits per heavy atom. The van der Waals surface area contributed by atoms with Crippen molar-refractivity contribution in [3.8, 4) is 0 Å². The number of alkyl halides is 3. The van der Waals surface area contributed by atoms with Gasteiger partial charge in [-0.25, -0.2) is 0 Å². The van der Waals surface area contributed by atoms with Crippen molar-refractivity contribution in [1.82, 2.24) is 15.5 Å². The van der Waals surface area contributed by atoms with Crippen LogP contribution < -0.4 is 10.6 Å². The summed E-state index contributed by atoms with van der Waals surface area (Å²) in [5, 5.41) is 6.45. The van der Waals surface area contributed by atoms with Gasteiger partial charge in [-0.05, 0) is 44.2 Å². The Labute approximate surface area is 192 Å². The van der Waals surface area contributed by atoms with Crippen LogP contribution in [0, 0.1) is 0 Å². The van der Waals surface area contributed by atoms with E-state index in [1.54, 1.807) is 6.07 Å². The van der Waals surface area contributed by atoms with Crippen molar-refractivity contribution in [3.63, 3.8) is 0 Å². The maximum Gasteiger partial charge on any atom is 0.416 e. The Kier molecular flexibility index (Phi) is 8.81. The van der Waals surface area contributed by atoms with E-state index in [0.29, 0.717) is 37.6 Å².